The van der Waals surface area contributed by atoms with Crippen molar-refractivity contribution < 1.29 is 138 Å². The largest absolute Gasteiger partial charge is 0.479 e. The van der Waals surface area contributed by atoms with Crippen molar-refractivity contribution in [2.24, 2.45) is 23.7 Å². The highest BCUT2D eigenvalue weighted by Gasteiger charge is 2.56. The van der Waals surface area contributed by atoms with Crippen molar-refractivity contribution in [2.75, 3.05) is 73.7 Å². The van der Waals surface area contributed by atoms with Crippen molar-refractivity contribution in [2.45, 2.75) is 254 Å². The van der Waals surface area contributed by atoms with E-state index in [1.807, 2.05) is 38.9 Å². The Hall–Kier alpha value is -5.06. The van der Waals surface area contributed by atoms with Crippen LogP contribution in [0, 0.1) is 23.7 Å². The molecule has 1 aromatic carbocycles. The Balaban J connectivity index is 0.000000645. The van der Waals surface area contributed by atoms with Crippen molar-refractivity contribution in [3.05, 3.63) is 45.7 Å². The maximum Gasteiger partial charge on any atom is 0.341 e. The van der Waals surface area contributed by atoms with Gasteiger partial charge >= 0.3 is 23.9 Å². The molecule has 5 heterocycles. The summed E-state index contributed by atoms with van der Waals surface area (Å²) in [6.07, 6.45) is -24.0. The first-order valence-corrected chi connectivity index (χ1v) is 34.2. The summed E-state index contributed by atoms with van der Waals surface area (Å²) in [6, 6.07) is 5.10. The van der Waals surface area contributed by atoms with Crippen LogP contribution in [0.25, 0.3) is 10.9 Å². The maximum absolute atomic E-state index is 14.6. The number of aryl methyl sites for hydroxylation is 1. The predicted octanol–water partition coefficient (Wildman–Crippen LogP) is -1.86. The van der Waals surface area contributed by atoms with E-state index < -0.39 is 193 Å². The molecule has 578 valence electrons. The molecule has 0 unspecified atom stereocenters. The van der Waals surface area contributed by atoms with Crippen LogP contribution in [-0.2, 0) is 73.0 Å². The number of likely N-dealkylation sites (N-methyl/N-ethyl adjacent to an activating group) is 1. The fourth-order valence-corrected chi connectivity index (χ4v) is 13.9. The van der Waals surface area contributed by atoms with Gasteiger partial charge in [-0.2, -0.15) is 0 Å². The number of carbonyl (C=O) groups is 5. The number of cyclic esters (lactones) is 1. The van der Waals surface area contributed by atoms with Gasteiger partial charge in [0.25, 0.3) is 0 Å². The lowest BCUT2D eigenvalue weighted by molar-refractivity contribution is -0.326. The standard InChI is InChI=1S/C56H90N4O17.C12H22O12/c1-17-41-56(10,69)48(65)32(4)44(62)30(2)27-54(8,70-15)49(77-53-46(64)40(58(11)12)25-31(3)72-53)33(5)47(34(6)52(68)74-41)76-43-28-55(9,71-16)50(35(7)73-43)75-42(61)22-24-57-23-18-19-36-20-21-39-37(26-36)45(63)38(51(66)67)29-60(39)59(13)14;13-1-3(15)10(7(18)8(19)11(21)22)24-12-9(20)6(17)5(16)4(2-14)23-12/h20-21,26,29-35,40-41,43,46-50,53,57,64-65,69H,17-19,22-25,27-28H2,1-16H3,(H,66,67);3-10,12-20H,1-2H2,(H,21,22)/t30-,31-,32+,33+,34-,35+,40+,41-,43+,46-,47+,48-,49-,50+,53+,54-,55-,56-;3-,4-,5+,6+,7-,8-,9-,10-,12+/m11/s1. The number of nitrogens with zero attached hydrogens (tertiary/aromatic N) is 3. The number of nitrogens with one attached hydrogen (secondary N) is 1. The van der Waals surface area contributed by atoms with Gasteiger partial charge in [-0.1, -0.05) is 33.8 Å². The van der Waals surface area contributed by atoms with E-state index in [0.717, 1.165) is 5.56 Å². The number of rotatable bonds is 26. The molecule has 1 aromatic heterocycles. The number of benzene rings is 1. The van der Waals surface area contributed by atoms with Crippen LogP contribution in [0.2, 0.25) is 0 Å². The van der Waals surface area contributed by atoms with Gasteiger partial charge in [-0.05, 0) is 112 Å². The third-order valence-corrected chi connectivity index (χ3v) is 20.1. The predicted molar refractivity (Wildman–Crippen MR) is 357 cm³/mol. The molecule has 4 fully saturated rings. The number of aromatic carboxylic acids is 1. The molecular formula is C68H112N4O29. The maximum atomic E-state index is 14.6. The van der Waals surface area contributed by atoms with Crippen molar-refractivity contribution >= 4 is 40.6 Å². The molecule has 0 aliphatic carbocycles. The summed E-state index contributed by atoms with van der Waals surface area (Å²) in [5.74, 6) is -8.48. The Morgan fingerprint density at radius 1 is 0.792 bits per heavy atom. The number of aliphatic carboxylic acids is 1. The average Bonchev–Trinajstić information content (AvgIpc) is 0.779. The number of aromatic nitrogens is 1. The molecule has 4 aliphatic heterocycles. The summed E-state index contributed by atoms with van der Waals surface area (Å²) in [5.41, 5.74) is -3.94. The topological polar surface area (TPSA) is 481 Å². The number of fused-ring (bicyclic) bond motifs is 1. The quantitative estimate of drug-likeness (QED) is 0.0363. The van der Waals surface area contributed by atoms with Crippen LogP contribution in [0.1, 0.15) is 124 Å². The Morgan fingerprint density at radius 2 is 1.43 bits per heavy atom. The molecule has 33 heteroatoms. The molecule has 0 amide bonds. The van der Waals surface area contributed by atoms with Gasteiger partial charge < -0.3 is 129 Å². The summed E-state index contributed by atoms with van der Waals surface area (Å²) in [5, 5.41) is 135. The molecule has 27 atom stereocenters. The van der Waals surface area contributed by atoms with Gasteiger partial charge in [0.15, 0.2) is 31.1 Å². The van der Waals surface area contributed by atoms with Crippen LogP contribution in [0.3, 0.4) is 0 Å². The third kappa shape index (κ3) is 20.7. The van der Waals surface area contributed by atoms with Gasteiger partial charge in [0, 0.05) is 76.7 Å². The molecule has 0 bridgehead atoms. The molecule has 0 spiro atoms. The minimum Gasteiger partial charge on any atom is -0.479 e. The number of carboxylic acids is 2. The molecule has 33 nitrogen and oxygen atoms in total. The molecular weight excluding hydrogens is 1340 g/mol. The van der Waals surface area contributed by atoms with Gasteiger partial charge in [0.05, 0.1) is 67.2 Å². The molecule has 14 N–H and O–H groups in total. The van der Waals surface area contributed by atoms with Gasteiger partial charge in [-0.15, -0.1) is 0 Å². The Bertz CT molecular complexity index is 3080. The van der Waals surface area contributed by atoms with Gasteiger partial charge in [0.1, 0.15) is 77.5 Å². The Labute approximate surface area is 588 Å². The highest BCUT2D eigenvalue weighted by Crippen LogP contribution is 2.43. The number of carboxylic acid groups (broad SMARTS) is 2. The number of Topliss-reactive ketones (excluding diaryl/α,β-unsaturated/α-hetero) is 1. The van der Waals surface area contributed by atoms with E-state index >= 15 is 0 Å². The Kier molecular flexibility index (Phi) is 31.9. The minimum absolute atomic E-state index is 0.0269. The van der Waals surface area contributed by atoms with Crippen LogP contribution in [0.5, 0.6) is 0 Å². The molecule has 0 saturated carbocycles. The van der Waals surface area contributed by atoms with Gasteiger partial charge in [0.2, 0.25) is 5.43 Å². The zero-order valence-electron chi connectivity index (χ0n) is 60.6. The minimum atomic E-state index is -2.39. The lowest BCUT2D eigenvalue weighted by atomic mass is 9.74. The number of pyridine rings is 1. The average molecular weight is 1450 g/mol. The second-order valence-electron chi connectivity index (χ2n) is 28.2. The Morgan fingerprint density at radius 3 is 1.99 bits per heavy atom. The van der Waals surface area contributed by atoms with Crippen molar-refractivity contribution in [3.63, 3.8) is 0 Å². The van der Waals surface area contributed by atoms with Crippen molar-refractivity contribution in [1.29, 1.82) is 0 Å². The zero-order valence-corrected chi connectivity index (χ0v) is 60.6. The van der Waals surface area contributed by atoms with Crippen molar-refractivity contribution in [1.82, 2.24) is 14.9 Å². The van der Waals surface area contributed by atoms with Crippen LogP contribution in [-0.4, -0.2) is 314 Å². The van der Waals surface area contributed by atoms with E-state index in [1.165, 1.54) is 34.3 Å². The van der Waals surface area contributed by atoms with E-state index in [-0.39, 0.29) is 49.2 Å². The number of esters is 2. The lowest BCUT2D eigenvalue weighted by Crippen LogP contribution is -2.61. The van der Waals surface area contributed by atoms with E-state index in [2.05, 4.69) is 5.32 Å². The van der Waals surface area contributed by atoms with Crippen LogP contribution in [0.4, 0.5) is 0 Å². The number of hydrogen-bond donors (Lipinski definition) is 14. The summed E-state index contributed by atoms with van der Waals surface area (Å²) in [7, 11) is 10.2. The fourth-order valence-electron chi connectivity index (χ4n) is 13.9. The normalized spacial score (nSPS) is 36.6. The van der Waals surface area contributed by atoms with Crippen LogP contribution in [0.15, 0.2) is 29.2 Å². The number of methoxy groups -OCH3 is 2. The van der Waals surface area contributed by atoms with Gasteiger partial charge in [-0.3, -0.25) is 23.9 Å². The van der Waals surface area contributed by atoms with Crippen LogP contribution < -0.4 is 15.8 Å². The first kappa shape index (κ1) is 86.6. The molecule has 6 rings (SSSR count). The SMILES string of the molecule is CC[C@H]1OC(=O)[C@H](C)[C@@H](O[C@H]2C[C@@](C)(OC)[C@@H](OC(=O)CCNCCCc3ccc4c(c3)c(=O)c(C(=O)O)cn4N(C)C)[C@H](C)O2)[C@H](C)[C@@H](O[C@@H]2O[C@H](C)C[C@H](N(C)C)[C@H]2O)[C@](C)(OC)C[C@@H](C)C(=O)[C@H](C)[C@@H](O)[C@]1(C)O.O=C(O)[C@H](O)[C@@H](O)[C@H](O[C@@H]1O[C@H](CO)[C@H](O)[C@H](O)[C@H]1O)[C@H](O)CO. The number of aliphatic hydroxyl groups excluding tert-OH is 10. The van der Waals surface area contributed by atoms with E-state index in [4.69, 9.17) is 62.7 Å². The first-order valence-electron chi connectivity index (χ1n) is 34.2. The van der Waals surface area contributed by atoms with E-state index in [9.17, 15) is 79.8 Å². The molecule has 0 radical (unpaired) electrons. The number of hydrogen-bond acceptors (Lipinski definition) is 30. The second kappa shape index (κ2) is 37.3. The second-order valence-corrected chi connectivity index (χ2v) is 28.2. The summed E-state index contributed by atoms with van der Waals surface area (Å²) >= 11 is 0. The van der Waals surface area contributed by atoms with Crippen molar-refractivity contribution in [3.8, 4) is 0 Å². The fraction of sp³-hybridized carbons (Fsp3) is 0.794. The van der Waals surface area contributed by atoms with Crippen LogP contribution >= 0.6 is 0 Å². The molecule has 4 saturated heterocycles. The molecule has 4 aliphatic rings. The number of ketones is 1. The highest BCUT2D eigenvalue weighted by molar-refractivity contribution is 5.93. The lowest BCUT2D eigenvalue weighted by Gasteiger charge is -2.50. The number of carbonyl (C=O) groups excluding carboxylic acids is 3. The summed E-state index contributed by atoms with van der Waals surface area (Å²) in [4.78, 5) is 79.8. The number of ether oxygens (including phenoxy) is 10. The first-order chi connectivity index (χ1) is 47.1. The van der Waals surface area contributed by atoms with E-state index in [1.54, 1.807) is 77.5 Å². The van der Waals surface area contributed by atoms with E-state index in [0.29, 0.717) is 43.3 Å². The third-order valence-electron chi connectivity index (χ3n) is 20.1. The molecule has 2 aromatic rings. The highest BCUT2D eigenvalue weighted by atomic mass is 16.7. The number of aliphatic hydroxyl groups is 11. The summed E-state index contributed by atoms with van der Waals surface area (Å²) < 4.78 is 62.9. The summed E-state index contributed by atoms with van der Waals surface area (Å²) in [6.45, 7) is 16.1. The molecule has 101 heavy (non-hydrogen) atoms. The van der Waals surface area contributed by atoms with Gasteiger partial charge in [-0.25, -0.2) is 9.59 Å². The zero-order chi connectivity index (χ0) is 76.2. The monoisotopic (exact) mass is 1450 g/mol. The smallest absolute Gasteiger partial charge is 0.341 e.